The minimum absolute atomic E-state index is 0.352. The van der Waals surface area contributed by atoms with E-state index in [-0.39, 0.29) is 0 Å². The molecule has 0 heterocycles. The molecule has 1 aromatic carbocycles. The van der Waals surface area contributed by atoms with E-state index in [0.717, 1.165) is 17.4 Å². The highest BCUT2D eigenvalue weighted by molar-refractivity contribution is 9.09. The van der Waals surface area contributed by atoms with Crippen LogP contribution in [0.15, 0.2) is 18.2 Å². The predicted molar refractivity (Wildman–Crippen MR) is 77.8 cm³/mol. The summed E-state index contributed by atoms with van der Waals surface area (Å²) in [6.45, 7) is 0. The van der Waals surface area contributed by atoms with E-state index in [4.69, 9.17) is 9.47 Å². The quantitative estimate of drug-likeness (QED) is 0.732. The molecule has 1 aliphatic carbocycles. The van der Waals surface area contributed by atoms with Crippen LogP contribution in [0.1, 0.15) is 42.5 Å². The Morgan fingerprint density at radius 3 is 2.56 bits per heavy atom. The van der Waals surface area contributed by atoms with Crippen LogP contribution in [0.3, 0.4) is 0 Å². The van der Waals surface area contributed by atoms with E-state index < -0.39 is 0 Å². The molecule has 1 saturated carbocycles. The molecule has 0 amide bonds. The molecule has 0 aliphatic heterocycles. The van der Waals surface area contributed by atoms with Gasteiger partial charge in [0.05, 0.1) is 14.2 Å². The van der Waals surface area contributed by atoms with Crippen LogP contribution >= 0.6 is 15.9 Å². The maximum atomic E-state index is 5.44. The summed E-state index contributed by atoms with van der Waals surface area (Å²) in [7, 11) is 3.42. The monoisotopic (exact) mass is 312 g/mol. The van der Waals surface area contributed by atoms with Gasteiger partial charge in [0, 0.05) is 10.4 Å². The van der Waals surface area contributed by atoms with Crippen LogP contribution in [0.5, 0.6) is 11.5 Å². The van der Waals surface area contributed by atoms with Crippen LogP contribution in [0.25, 0.3) is 0 Å². The second kappa shape index (κ2) is 6.46. The zero-order chi connectivity index (χ0) is 13.0. The third-order valence-electron chi connectivity index (χ3n) is 3.79. The summed E-state index contributed by atoms with van der Waals surface area (Å²) < 4.78 is 10.7. The maximum Gasteiger partial charge on any atom is 0.123 e. The number of alkyl halides is 1. The van der Waals surface area contributed by atoms with Crippen LogP contribution < -0.4 is 9.47 Å². The Morgan fingerprint density at radius 2 is 1.94 bits per heavy atom. The summed E-state index contributed by atoms with van der Waals surface area (Å²) in [6.07, 6.45) is 6.70. The van der Waals surface area contributed by atoms with Crippen LogP contribution in [-0.2, 0) is 0 Å². The SMILES string of the molecule is COc1ccc(OC)c(C(Br)CC2CCCC2)c1. The number of benzene rings is 1. The standard InChI is InChI=1S/C15H21BrO2/c1-17-12-7-8-15(18-2)13(10-12)14(16)9-11-5-3-4-6-11/h7-8,10-11,14H,3-6,9H2,1-2H3. The van der Waals surface area contributed by atoms with Gasteiger partial charge in [-0.25, -0.2) is 0 Å². The van der Waals surface area contributed by atoms with Gasteiger partial charge in [-0.1, -0.05) is 41.6 Å². The number of halogens is 1. The van der Waals surface area contributed by atoms with E-state index in [1.807, 2.05) is 12.1 Å². The molecule has 100 valence electrons. The first-order valence-corrected chi connectivity index (χ1v) is 7.52. The lowest BCUT2D eigenvalue weighted by Crippen LogP contribution is -2.02. The smallest absolute Gasteiger partial charge is 0.123 e. The van der Waals surface area contributed by atoms with Crippen molar-refractivity contribution in [2.45, 2.75) is 36.9 Å². The van der Waals surface area contributed by atoms with E-state index in [1.54, 1.807) is 14.2 Å². The Labute approximate surface area is 118 Å². The predicted octanol–water partition coefficient (Wildman–Crippen LogP) is 4.72. The summed E-state index contributed by atoms with van der Waals surface area (Å²) in [4.78, 5) is 0.352. The van der Waals surface area contributed by atoms with Crippen molar-refractivity contribution < 1.29 is 9.47 Å². The Bertz CT molecular complexity index is 386. The molecule has 3 heteroatoms. The van der Waals surface area contributed by atoms with Gasteiger partial charge in [0.25, 0.3) is 0 Å². The van der Waals surface area contributed by atoms with Gasteiger partial charge in [0.15, 0.2) is 0 Å². The van der Waals surface area contributed by atoms with Crippen molar-refractivity contribution in [3.05, 3.63) is 23.8 Å². The zero-order valence-electron chi connectivity index (χ0n) is 11.1. The highest BCUT2D eigenvalue weighted by Crippen LogP contribution is 2.41. The third kappa shape index (κ3) is 3.19. The van der Waals surface area contributed by atoms with Crippen molar-refractivity contribution >= 4 is 15.9 Å². The van der Waals surface area contributed by atoms with Crippen LogP contribution in [0.4, 0.5) is 0 Å². The van der Waals surface area contributed by atoms with E-state index in [9.17, 15) is 0 Å². The second-order valence-electron chi connectivity index (χ2n) is 4.96. The van der Waals surface area contributed by atoms with E-state index in [2.05, 4.69) is 22.0 Å². The average molecular weight is 313 g/mol. The average Bonchev–Trinajstić information content (AvgIpc) is 2.90. The van der Waals surface area contributed by atoms with Crippen LogP contribution in [-0.4, -0.2) is 14.2 Å². The molecule has 1 fully saturated rings. The number of hydrogen-bond donors (Lipinski definition) is 0. The Kier molecular flexibility index (Phi) is 4.93. The molecule has 1 aromatic rings. The molecule has 1 atom stereocenters. The van der Waals surface area contributed by atoms with E-state index in [0.29, 0.717) is 4.83 Å². The summed E-state index contributed by atoms with van der Waals surface area (Å²) >= 11 is 3.82. The van der Waals surface area contributed by atoms with Crippen molar-refractivity contribution in [2.24, 2.45) is 5.92 Å². The van der Waals surface area contributed by atoms with Gasteiger partial charge in [0.2, 0.25) is 0 Å². The number of ether oxygens (including phenoxy) is 2. The Hall–Kier alpha value is -0.700. The van der Waals surface area contributed by atoms with Gasteiger partial charge in [-0.3, -0.25) is 0 Å². The summed E-state index contributed by atoms with van der Waals surface area (Å²) in [5, 5.41) is 0. The molecular weight excluding hydrogens is 292 g/mol. The summed E-state index contributed by atoms with van der Waals surface area (Å²) in [5.74, 6) is 2.68. The van der Waals surface area contributed by atoms with Gasteiger partial charge in [-0.2, -0.15) is 0 Å². The zero-order valence-corrected chi connectivity index (χ0v) is 12.7. The van der Waals surface area contributed by atoms with Crippen molar-refractivity contribution in [3.63, 3.8) is 0 Å². The highest BCUT2D eigenvalue weighted by atomic mass is 79.9. The lowest BCUT2D eigenvalue weighted by atomic mass is 9.97. The Morgan fingerprint density at radius 1 is 1.22 bits per heavy atom. The topological polar surface area (TPSA) is 18.5 Å². The molecule has 2 rings (SSSR count). The Balaban J connectivity index is 2.13. The van der Waals surface area contributed by atoms with E-state index in [1.165, 1.54) is 37.7 Å². The van der Waals surface area contributed by atoms with Gasteiger partial charge in [-0.15, -0.1) is 0 Å². The number of hydrogen-bond acceptors (Lipinski definition) is 2. The van der Waals surface area contributed by atoms with Gasteiger partial charge >= 0.3 is 0 Å². The summed E-state index contributed by atoms with van der Waals surface area (Å²) in [5.41, 5.74) is 1.20. The van der Waals surface area contributed by atoms with Crippen molar-refractivity contribution in [1.29, 1.82) is 0 Å². The second-order valence-corrected chi connectivity index (χ2v) is 6.07. The molecule has 0 saturated heterocycles. The van der Waals surface area contributed by atoms with Crippen LogP contribution in [0, 0.1) is 5.92 Å². The molecule has 18 heavy (non-hydrogen) atoms. The normalized spacial score (nSPS) is 17.7. The first-order valence-electron chi connectivity index (χ1n) is 6.60. The molecule has 2 nitrogen and oxygen atoms in total. The highest BCUT2D eigenvalue weighted by Gasteiger charge is 2.22. The van der Waals surface area contributed by atoms with Crippen molar-refractivity contribution in [2.75, 3.05) is 14.2 Å². The summed E-state index contributed by atoms with van der Waals surface area (Å²) in [6, 6.07) is 6.00. The maximum absolute atomic E-state index is 5.44. The van der Waals surface area contributed by atoms with Gasteiger partial charge < -0.3 is 9.47 Å². The minimum Gasteiger partial charge on any atom is -0.497 e. The third-order valence-corrected chi connectivity index (χ3v) is 4.66. The van der Waals surface area contributed by atoms with Gasteiger partial charge in [0.1, 0.15) is 11.5 Å². The lowest BCUT2D eigenvalue weighted by Gasteiger charge is -2.18. The molecular formula is C15H21BrO2. The largest absolute Gasteiger partial charge is 0.497 e. The fraction of sp³-hybridized carbons (Fsp3) is 0.600. The first-order chi connectivity index (χ1) is 8.74. The molecule has 0 radical (unpaired) electrons. The number of methoxy groups -OCH3 is 2. The molecule has 0 spiro atoms. The fourth-order valence-corrected chi connectivity index (χ4v) is 3.64. The molecule has 0 bridgehead atoms. The molecule has 0 N–H and O–H groups in total. The number of rotatable bonds is 5. The van der Waals surface area contributed by atoms with Gasteiger partial charge in [-0.05, 0) is 30.5 Å². The van der Waals surface area contributed by atoms with E-state index >= 15 is 0 Å². The van der Waals surface area contributed by atoms with Crippen LogP contribution in [0.2, 0.25) is 0 Å². The fourth-order valence-electron chi connectivity index (χ4n) is 2.75. The van der Waals surface area contributed by atoms with Crippen molar-refractivity contribution in [3.8, 4) is 11.5 Å². The molecule has 1 unspecified atom stereocenters. The minimum atomic E-state index is 0.352. The van der Waals surface area contributed by atoms with Crippen molar-refractivity contribution in [1.82, 2.24) is 0 Å². The lowest BCUT2D eigenvalue weighted by molar-refractivity contribution is 0.395. The molecule has 1 aliphatic rings. The first kappa shape index (κ1) is 13.7. The molecule has 0 aromatic heterocycles.